The maximum absolute atomic E-state index is 12.3. The molecule has 1 fully saturated rings. The Bertz CT molecular complexity index is 867. The van der Waals surface area contributed by atoms with Gasteiger partial charge in [-0.2, -0.15) is 0 Å². The predicted molar refractivity (Wildman–Crippen MR) is 107 cm³/mol. The highest BCUT2D eigenvalue weighted by Gasteiger charge is 2.33. The van der Waals surface area contributed by atoms with Crippen LogP contribution in [0.1, 0.15) is 55.5 Å². The number of sulfonamides is 1. The highest BCUT2D eigenvalue weighted by Crippen LogP contribution is 2.34. The van der Waals surface area contributed by atoms with Crippen molar-refractivity contribution in [1.82, 2.24) is 5.32 Å². The van der Waals surface area contributed by atoms with Gasteiger partial charge in [-0.05, 0) is 55.9 Å². The molecule has 3 atom stereocenters. The van der Waals surface area contributed by atoms with E-state index in [0.717, 1.165) is 24.8 Å². The van der Waals surface area contributed by atoms with Crippen LogP contribution < -0.4 is 9.62 Å². The lowest BCUT2D eigenvalue weighted by Crippen LogP contribution is -2.42. The molecule has 1 saturated carbocycles. The molecule has 2 aliphatic rings. The van der Waals surface area contributed by atoms with Crippen molar-refractivity contribution in [2.75, 3.05) is 17.2 Å². The molecular formula is C20H28N2O5S. The molecule has 0 saturated heterocycles. The summed E-state index contributed by atoms with van der Waals surface area (Å²) < 4.78 is 30.5. The second kappa shape index (κ2) is 8.11. The van der Waals surface area contributed by atoms with E-state index in [2.05, 4.69) is 12.2 Å². The Labute approximate surface area is 166 Å². The van der Waals surface area contributed by atoms with Gasteiger partial charge in [-0.3, -0.25) is 9.10 Å². The second-order valence-electron chi connectivity index (χ2n) is 7.97. The minimum atomic E-state index is -3.37. The van der Waals surface area contributed by atoms with Crippen LogP contribution in [0.5, 0.6) is 0 Å². The van der Waals surface area contributed by atoms with E-state index in [4.69, 9.17) is 4.74 Å². The number of fused-ring (bicyclic) bond motifs is 1. The molecule has 1 aromatic rings. The predicted octanol–water partition coefficient (Wildman–Crippen LogP) is 2.25. The Kier molecular flexibility index (Phi) is 5.98. The molecule has 0 aromatic heterocycles. The van der Waals surface area contributed by atoms with E-state index in [0.29, 0.717) is 23.6 Å². The smallest absolute Gasteiger partial charge is 0.338 e. The summed E-state index contributed by atoms with van der Waals surface area (Å²) in [6, 6.07) is 4.77. The fourth-order valence-electron chi connectivity index (χ4n) is 4.23. The number of nitrogens with one attached hydrogen (secondary N) is 1. The normalized spacial score (nSPS) is 24.5. The van der Waals surface area contributed by atoms with Crippen molar-refractivity contribution < 1.29 is 22.7 Å². The Morgan fingerprint density at radius 3 is 2.61 bits per heavy atom. The molecule has 1 amide bonds. The third-order valence-electron chi connectivity index (χ3n) is 5.62. The minimum absolute atomic E-state index is 0.142. The molecule has 154 valence electrons. The number of hydrogen-bond acceptors (Lipinski definition) is 5. The van der Waals surface area contributed by atoms with Crippen LogP contribution in [0.25, 0.3) is 0 Å². The quantitative estimate of drug-likeness (QED) is 0.755. The summed E-state index contributed by atoms with van der Waals surface area (Å²) in [5.41, 5.74) is 1.70. The van der Waals surface area contributed by atoms with Crippen molar-refractivity contribution in [3.05, 3.63) is 29.3 Å². The first-order valence-corrected chi connectivity index (χ1v) is 11.6. The van der Waals surface area contributed by atoms with E-state index in [-0.39, 0.29) is 24.6 Å². The SMILES string of the molecule is C[C@@H]1CCCC[C@@H]1NC(=O)COC(=O)c1ccc2c(c1)C[C@H](C)N2S(C)(=O)=O. The zero-order valence-electron chi connectivity index (χ0n) is 16.6. The summed E-state index contributed by atoms with van der Waals surface area (Å²) in [5, 5.41) is 2.96. The third kappa shape index (κ3) is 4.48. The van der Waals surface area contributed by atoms with Gasteiger partial charge in [-0.25, -0.2) is 13.2 Å². The molecule has 0 unspecified atom stereocenters. The van der Waals surface area contributed by atoms with Gasteiger partial charge in [0.05, 0.1) is 17.5 Å². The lowest BCUT2D eigenvalue weighted by molar-refractivity contribution is -0.125. The van der Waals surface area contributed by atoms with Gasteiger partial charge in [-0.1, -0.05) is 19.8 Å². The lowest BCUT2D eigenvalue weighted by Gasteiger charge is -2.29. The number of ether oxygens (including phenoxy) is 1. The second-order valence-corrected chi connectivity index (χ2v) is 9.83. The molecule has 8 heteroatoms. The number of rotatable bonds is 5. The molecule has 0 radical (unpaired) electrons. The van der Waals surface area contributed by atoms with Gasteiger partial charge in [0, 0.05) is 12.1 Å². The summed E-state index contributed by atoms with van der Waals surface area (Å²) in [4.78, 5) is 24.4. The number of anilines is 1. The van der Waals surface area contributed by atoms with Crippen LogP contribution in [0.15, 0.2) is 18.2 Å². The zero-order chi connectivity index (χ0) is 20.5. The first-order chi connectivity index (χ1) is 13.2. The van der Waals surface area contributed by atoms with Gasteiger partial charge in [0.25, 0.3) is 5.91 Å². The van der Waals surface area contributed by atoms with E-state index < -0.39 is 16.0 Å². The van der Waals surface area contributed by atoms with Crippen LogP contribution >= 0.6 is 0 Å². The molecule has 0 spiro atoms. The molecule has 3 rings (SSSR count). The average Bonchev–Trinajstić information content (AvgIpc) is 2.96. The summed E-state index contributed by atoms with van der Waals surface area (Å²) in [5.74, 6) is -0.435. The van der Waals surface area contributed by atoms with E-state index >= 15 is 0 Å². The van der Waals surface area contributed by atoms with E-state index in [9.17, 15) is 18.0 Å². The van der Waals surface area contributed by atoms with Crippen LogP contribution in [-0.2, 0) is 26.0 Å². The van der Waals surface area contributed by atoms with Gasteiger partial charge in [0.1, 0.15) is 0 Å². The topological polar surface area (TPSA) is 92.8 Å². The Morgan fingerprint density at radius 2 is 1.93 bits per heavy atom. The number of nitrogens with zero attached hydrogens (tertiary/aromatic N) is 1. The van der Waals surface area contributed by atoms with Crippen molar-refractivity contribution in [3.63, 3.8) is 0 Å². The van der Waals surface area contributed by atoms with Crippen LogP contribution in [-0.4, -0.2) is 45.2 Å². The summed E-state index contributed by atoms with van der Waals surface area (Å²) >= 11 is 0. The number of benzene rings is 1. The van der Waals surface area contributed by atoms with Gasteiger partial charge in [0.2, 0.25) is 10.0 Å². The largest absolute Gasteiger partial charge is 0.452 e. The first kappa shape index (κ1) is 20.6. The fourth-order valence-corrected chi connectivity index (χ4v) is 5.49. The van der Waals surface area contributed by atoms with Gasteiger partial charge >= 0.3 is 5.97 Å². The highest BCUT2D eigenvalue weighted by molar-refractivity contribution is 7.92. The zero-order valence-corrected chi connectivity index (χ0v) is 17.4. The minimum Gasteiger partial charge on any atom is -0.452 e. The summed E-state index contributed by atoms with van der Waals surface area (Å²) in [6.07, 6.45) is 6.06. The molecule has 0 bridgehead atoms. The molecule has 28 heavy (non-hydrogen) atoms. The maximum atomic E-state index is 12.3. The van der Waals surface area contributed by atoms with Gasteiger partial charge < -0.3 is 10.1 Å². The molecule has 1 aliphatic carbocycles. The molecule has 1 aliphatic heterocycles. The number of esters is 1. The number of hydrogen-bond donors (Lipinski definition) is 1. The molecular weight excluding hydrogens is 380 g/mol. The molecule has 1 heterocycles. The van der Waals surface area contributed by atoms with Crippen LogP contribution in [0.4, 0.5) is 5.69 Å². The highest BCUT2D eigenvalue weighted by atomic mass is 32.2. The van der Waals surface area contributed by atoms with Crippen molar-refractivity contribution >= 4 is 27.6 Å². The average molecular weight is 409 g/mol. The number of amides is 1. The third-order valence-corrected chi connectivity index (χ3v) is 6.89. The molecule has 1 N–H and O–H groups in total. The van der Waals surface area contributed by atoms with Crippen molar-refractivity contribution in [2.24, 2.45) is 5.92 Å². The summed E-state index contributed by atoms with van der Waals surface area (Å²) in [7, 11) is -3.37. The van der Waals surface area contributed by atoms with Crippen molar-refractivity contribution in [2.45, 2.75) is 58.0 Å². The van der Waals surface area contributed by atoms with Crippen molar-refractivity contribution in [3.8, 4) is 0 Å². The van der Waals surface area contributed by atoms with E-state index in [1.165, 1.54) is 17.0 Å². The first-order valence-electron chi connectivity index (χ1n) is 9.75. The summed E-state index contributed by atoms with van der Waals surface area (Å²) in [6.45, 7) is 3.64. The monoisotopic (exact) mass is 408 g/mol. The van der Waals surface area contributed by atoms with Crippen LogP contribution in [0, 0.1) is 5.92 Å². The maximum Gasteiger partial charge on any atom is 0.338 e. The number of carbonyl (C=O) groups is 2. The van der Waals surface area contributed by atoms with Crippen LogP contribution in [0.3, 0.4) is 0 Å². The van der Waals surface area contributed by atoms with Crippen molar-refractivity contribution in [1.29, 1.82) is 0 Å². The Hall–Kier alpha value is -2.09. The van der Waals surface area contributed by atoms with Gasteiger partial charge in [-0.15, -0.1) is 0 Å². The Morgan fingerprint density at radius 1 is 1.21 bits per heavy atom. The Balaban J connectivity index is 1.60. The fraction of sp³-hybridized carbons (Fsp3) is 0.600. The molecule has 7 nitrogen and oxygen atoms in total. The lowest BCUT2D eigenvalue weighted by atomic mass is 9.86. The van der Waals surface area contributed by atoms with Crippen LogP contribution in [0.2, 0.25) is 0 Å². The van der Waals surface area contributed by atoms with E-state index in [1.54, 1.807) is 18.2 Å². The number of carbonyl (C=O) groups excluding carboxylic acids is 2. The van der Waals surface area contributed by atoms with Gasteiger partial charge in [0.15, 0.2) is 6.61 Å². The van der Waals surface area contributed by atoms with E-state index in [1.807, 2.05) is 6.92 Å². The standard InChI is InChI=1S/C20H28N2O5S/c1-13-6-4-5-7-17(13)21-19(23)12-27-20(24)15-8-9-18-16(11-15)10-14(2)22(18)28(3,25)26/h8-9,11,13-14,17H,4-7,10,12H2,1-3H3,(H,21,23)/t13-,14+,17+/m1/s1. The molecule has 1 aromatic carbocycles.